The molecule has 0 aromatic carbocycles. The third-order valence-corrected chi connectivity index (χ3v) is 9.06. The lowest BCUT2D eigenvalue weighted by Crippen LogP contribution is -2.50. The van der Waals surface area contributed by atoms with Gasteiger partial charge in [0, 0.05) is 6.42 Å². The second-order valence-corrected chi connectivity index (χ2v) is 13.5. The van der Waals surface area contributed by atoms with Crippen molar-refractivity contribution in [1.82, 2.24) is 5.32 Å². The van der Waals surface area contributed by atoms with E-state index in [9.17, 15) is 20.1 Å². The van der Waals surface area contributed by atoms with Crippen molar-refractivity contribution in [2.75, 3.05) is 6.61 Å². The maximum absolute atomic E-state index is 12.4. The van der Waals surface area contributed by atoms with E-state index in [1.54, 1.807) is 0 Å². The molecule has 0 aliphatic heterocycles. The lowest BCUT2D eigenvalue weighted by Gasteiger charge is -2.26. The van der Waals surface area contributed by atoms with Gasteiger partial charge in [0.1, 0.15) is 6.10 Å². The molecule has 0 radical (unpaired) electrons. The maximum atomic E-state index is 12.4. The van der Waals surface area contributed by atoms with Crippen LogP contribution in [0.5, 0.6) is 0 Å². The van der Waals surface area contributed by atoms with Gasteiger partial charge in [-0.05, 0) is 44.9 Å². The first kappa shape index (κ1) is 43.8. The third-order valence-electron chi connectivity index (χ3n) is 9.06. The van der Waals surface area contributed by atoms with E-state index < -0.39 is 18.2 Å². The van der Waals surface area contributed by atoms with Crippen LogP contribution in [0.4, 0.5) is 0 Å². The van der Waals surface area contributed by atoms with Gasteiger partial charge in [0.15, 0.2) is 0 Å². The predicted octanol–water partition coefficient (Wildman–Crippen LogP) is 10.7. The van der Waals surface area contributed by atoms with Gasteiger partial charge >= 0.3 is 0 Å². The van der Waals surface area contributed by atoms with Crippen molar-refractivity contribution in [3.8, 4) is 0 Å². The van der Waals surface area contributed by atoms with E-state index in [-0.39, 0.29) is 12.5 Å². The predicted molar refractivity (Wildman–Crippen MR) is 195 cm³/mol. The van der Waals surface area contributed by atoms with E-state index >= 15 is 0 Å². The van der Waals surface area contributed by atoms with Crippen LogP contribution >= 0.6 is 0 Å². The van der Waals surface area contributed by atoms with Crippen LogP contribution in [0.2, 0.25) is 0 Å². The average molecular weight is 636 g/mol. The normalized spacial score (nSPS) is 14.0. The average Bonchev–Trinajstić information content (AvgIpc) is 3.04. The van der Waals surface area contributed by atoms with Gasteiger partial charge in [-0.2, -0.15) is 0 Å². The van der Waals surface area contributed by atoms with Crippen molar-refractivity contribution in [2.45, 2.75) is 218 Å². The summed E-state index contributed by atoms with van der Waals surface area (Å²) in [5.41, 5.74) is 0. The fourth-order valence-electron chi connectivity index (χ4n) is 5.96. The molecule has 45 heavy (non-hydrogen) atoms. The Kier molecular flexibility index (Phi) is 34.8. The number of hydrogen-bond acceptors (Lipinski definition) is 4. The molecule has 4 N–H and O–H groups in total. The smallest absolute Gasteiger partial charge is 0.220 e. The summed E-state index contributed by atoms with van der Waals surface area (Å²) in [4.78, 5) is 12.4. The van der Waals surface area contributed by atoms with Crippen LogP contribution in [0.1, 0.15) is 200 Å². The Morgan fingerprint density at radius 1 is 0.556 bits per heavy atom. The van der Waals surface area contributed by atoms with Crippen LogP contribution in [0.25, 0.3) is 0 Å². The summed E-state index contributed by atoms with van der Waals surface area (Å²) in [6, 6.07) is -0.810. The molecule has 0 saturated carbocycles. The quantitative estimate of drug-likeness (QED) is 0.0412. The van der Waals surface area contributed by atoms with Crippen molar-refractivity contribution in [1.29, 1.82) is 0 Å². The minimum atomic E-state index is -1.14. The van der Waals surface area contributed by atoms with Gasteiger partial charge in [0.2, 0.25) is 5.91 Å². The van der Waals surface area contributed by atoms with Crippen LogP contribution in [0, 0.1) is 0 Å². The molecule has 0 aliphatic rings. The first-order valence-corrected chi connectivity index (χ1v) is 19.6. The fourth-order valence-corrected chi connectivity index (χ4v) is 5.96. The van der Waals surface area contributed by atoms with E-state index in [1.165, 1.54) is 122 Å². The molecule has 0 aromatic rings. The van der Waals surface area contributed by atoms with E-state index in [2.05, 4.69) is 43.5 Å². The Balaban J connectivity index is 3.69. The summed E-state index contributed by atoms with van der Waals surface area (Å²) in [5.74, 6) is -0.153. The lowest BCUT2D eigenvalue weighted by molar-refractivity contribution is -0.124. The number of amides is 1. The lowest BCUT2D eigenvalue weighted by atomic mass is 9.99. The fraction of sp³-hybridized carbons (Fsp3) is 0.875. The van der Waals surface area contributed by atoms with E-state index in [4.69, 9.17) is 0 Å². The van der Waals surface area contributed by atoms with Gasteiger partial charge < -0.3 is 20.6 Å². The number of aliphatic hydroxyl groups excluding tert-OH is 3. The zero-order valence-electron chi connectivity index (χ0n) is 30.0. The van der Waals surface area contributed by atoms with Crippen LogP contribution in [-0.4, -0.2) is 46.1 Å². The Bertz CT molecular complexity index is 665. The molecule has 0 bridgehead atoms. The minimum absolute atomic E-state index is 0.153. The van der Waals surface area contributed by atoms with E-state index in [0.717, 1.165) is 51.4 Å². The SMILES string of the molecule is CCCCC/C=C\C/C=C\CCCCCCCCCC(=O)NC(CO)C(O)C(O)CCCCCCCCCCCCCCCC. The number of aliphatic hydroxyl groups is 3. The molecular formula is C40H77NO4. The molecule has 0 fully saturated rings. The highest BCUT2D eigenvalue weighted by molar-refractivity contribution is 5.76. The summed E-state index contributed by atoms with van der Waals surface area (Å²) in [7, 11) is 0. The molecule has 3 unspecified atom stereocenters. The minimum Gasteiger partial charge on any atom is -0.394 e. The Morgan fingerprint density at radius 3 is 1.44 bits per heavy atom. The standard InChI is InChI=1S/C40H77NO4/c1-3-5-7-9-11-13-15-17-19-20-21-23-25-27-29-31-33-35-39(44)41-37(36-42)40(45)38(43)34-32-30-28-26-24-22-18-16-14-12-10-8-6-4-2/h11,13,17,19,37-38,40,42-43,45H,3-10,12,14-16,18,20-36H2,1-2H3,(H,41,44)/b13-11-,19-17-. The summed E-state index contributed by atoms with van der Waals surface area (Å²) in [6.07, 6.45) is 41.2. The Hall–Kier alpha value is -1.17. The zero-order valence-corrected chi connectivity index (χ0v) is 30.0. The number of carbonyl (C=O) groups is 1. The van der Waals surface area contributed by atoms with Crippen molar-refractivity contribution < 1.29 is 20.1 Å². The van der Waals surface area contributed by atoms with Gasteiger partial charge in [-0.15, -0.1) is 0 Å². The molecule has 5 nitrogen and oxygen atoms in total. The largest absolute Gasteiger partial charge is 0.394 e. The summed E-state index contributed by atoms with van der Waals surface area (Å²) >= 11 is 0. The maximum Gasteiger partial charge on any atom is 0.220 e. The van der Waals surface area contributed by atoms with E-state index in [1.807, 2.05) is 0 Å². The Labute approximate surface area is 280 Å². The van der Waals surface area contributed by atoms with Crippen molar-refractivity contribution in [3.05, 3.63) is 24.3 Å². The topological polar surface area (TPSA) is 89.8 Å². The van der Waals surface area contributed by atoms with Gasteiger partial charge in [0.25, 0.3) is 0 Å². The number of rotatable bonds is 35. The molecule has 0 aromatic heterocycles. The van der Waals surface area contributed by atoms with Gasteiger partial charge in [-0.3, -0.25) is 4.79 Å². The highest BCUT2D eigenvalue weighted by atomic mass is 16.3. The number of unbranched alkanes of at least 4 members (excludes halogenated alkanes) is 23. The van der Waals surface area contributed by atoms with Crippen LogP contribution in [-0.2, 0) is 4.79 Å². The molecule has 5 heteroatoms. The highest BCUT2D eigenvalue weighted by Crippen LogP contribution is 2.16. The van der Waals surface area contributed by atoms with Crippen LogP contribution < -0.4 is 5.32 Å². The summed E-state index contributed by atoms with van der Waals surface area (Å²) < 4.78 is 0. The van der Waals surface area contributed by atoms with E-state index in [0.29, 0.717) is 12.8 Å². The first-order chi connectivity index (χ1) is 22.1. The molecule has 0 spiro atoms. The second-order valence-electron chi connectivity index (χ2n) is 13.5. The highest BCUT2D eigenvalue weighted by Gasteiger charge is 2.26. The van der Waals surface area contributed by atoms with Crippen molar-refractivity contribution in [2.24, 2.45) is 0 Å². The van der Waals surface area contributed by atoms with Gasteiger partial charge in [-0.1, -0.05) is 173 Å². The Morgan fingerprint density at radius 2 is 0.956 bits per heavy atom. The number of hydrogen-bond donors (Lipinski definition) is 4. The zero-order chi connectivity index (χ0) is 33.1. The molecule has 3 atom stereocenters. The third kappa shape index (κ3) is 31.2. The van der Waals surface area contributed by atoms with Crippen LogP contribution in [0.3, 0.4) is 0 Å². The molecule has 0 rings (SSSR count). The number of allylic oxidation sites excluding steroid dienone is 4. The number of nitrogens with one attached hydrogen (secondary N) is 1. The molecule has 0 heterocycles. The monoisotopic (exact) mass is 636 g/mol. The van der Waals surface area contributed by atoms with Crippen molar-refractivity contribution in [3.63, 3.8) is 0 Å². The molecule has 1 amide bonds. The van der Waals surface area contributed by atoms with Gasteiger partial charge in [-0.25, -0.2) is 0 Å². The summed E-state index contributed by atoms with van der Waals surface area (Å²) in [6.45, 7) is 4.14. The molecule has 0 aliphatic carbocycles. The first-order valence-electron chi connectivity index (χ1n) is 19.6. The summed E-state index contributed by atoms with van der Waals surface area (Å²) in [5, 5.41) is 33.4. The molecule has 0 saturated heterocycles. The molecular weight excluding hydrogens is 558 g/mol. The van der Waals surface area contributed by atoms with Gasteiger partial charge in [0.05, 0.1) is 18.8 Å². The number of carbonyl (C=O) groups excluding carboxylic acids is 1. The second kappa shape index (κ2) is 35.7. The molecule has 266 valence electrons. The van der Waals surface area contributed by atoms with Crippen molar-refractivity contribution >= 4 is 5.91 Å². The van der Waals surface area contributed by atoms with Crippen LogP contribution in [0.15, 0.2) is 24.3 Å².